The summed E-state index contributed by atoms with van der Waals surface area (Å²) in [6, 6.07) is 12.0. The van der Waals surface area contributed by atoms with Gasteiger partial charge in [-0.25, -0.2) is 8.42 Å². The molecular weight excluding hydrogens is 413 g/mol. The summed E-state index contributed by atoms with van der Waals surface area (Å²) in [5.74, 6) is 0.0705. The molecule has 0 fully saturated rings. The number of sulfone groups is 1. The Labute approximate surface area is 177 Å². The molecule has 0 amide bonds. The van der Waals surface area contributed by atoms with Crippen LogP contribution in [0.1, 0.15) is 63.6 Å². The molecular formula is C23H29F3O3S. The minimum atomic E-state index is -4.63. The molecule has 30 heavy (non-hydrogen) atoms. The largest absolute Gasteiger partial charge is 0.416 e. The number of ketones is 1. The second-order valence-electron chi connectivity index (χ2n) is 7.76. The fourth-order valence-corrected chi connectivity index (χ4v) is 4.19. The van der Waals surface area contributed by atoms with Gasteiger partial charge < -0.3 is 0 Å². The molecule has 166 valence electrons. The molecule has 3 nitrogen and oxygen atoms in total. The third kappa shape index (κ3) is 5.94. The van der Waals surface area contributed by atoms with E-state index in [1.54, 1.807) is 0 Å². The number of hydrogen-bond donors (Lipinski definition) is 0. The lowest BCUT2D eigenvalue weighted by Crippen LogP contribution is -2.39. The molecule has 0 heterocycles. The smallest absolute Gasteiger partial charge is 0.298 e. The van der Waals surface area contributed by atoms with Gasteiger partial charge in [0.05, 0.1) is 10.5 Å². The molecule has 0 aliphatic carbocycles. The van der Waals surface area contributed by atoms with Gasteiger partial charge in [0.2, 0.25) is 0 Å². The van der Waals surface area contributed by atoms with Gasteiger partial charge in [-0.1, -0.05) is 44.2 Å². The number of hydrogen-bond acceptors (Lipinski definition) is 3. The highest BCUT2D eigenvalue weighted by molar-refractivity contribution is 7.93. The average Bonchev–Trinajstić information content (AvgIpc) is 2.67. The third-order valence-electron chi connectivity index (χ3n) is 5.32. The first-order valence-corrected chi connectivity index (χ1v) is 11.1. The van der Waals surface area contributed by atoms with Gasteiger partial charge in [0.25, 0.3) is 0 Å². The van der Waals surface area contributed by atoms with Crippen LogP contribution in [0.5, 0.6) is 0 Å². The van der Waals surface area contributed by atoms with E-state index >= 15 is 0 Å². The van der Waals surface area contributed by atoms with Crippen LogP contribution in [0.25, 0.3) is 0 Å². The Morgan fingerprint density at radius 2 is 1.60 bits per heavy atom. The Hall–Kier alpha value is -2.15. The summed E-state index contributed by atoms with van der Waals surface area (Å²) in [4.78, 5) is 10.9. The Kier molecular flexibility index (Phi) is 8.43. The number of aryl methyl sites for hydroxylation is 1. The van der Waals surface area contributed by atoms with E-state index in [1.807, 2.05) is 0 Å². The summed E-state index contributed by atoms with van der Waals surface area (Å²) >= 11 is 0. The number of benzene rings is 2. The van der Waals surface area contributed by atoms with Gasteiger partial charge >= 0.3 is 6.18 Å². The highest BCUT2D eigenvalue weighted by Crippen LogP contribution is 2.33. The summed E-state index contributed by atoms with van der Waals surface area (Å²) in [6.07, 6.45) is -3.41. The Balaban J connectivity index is 0.000000346. The molecule has 7 heteroatoms. The van der Waals surface area contributed by atoms with Crippen LogP contribution in [-0.2, 0) is 20.8 Å². The van der Waals surface area contributed by atoms with E-state index in [2.05, 4.69) is 45.0 Å². The second-order valence-corrected chi connectivity index (χ2v) is 10.3. The topological polar surface area (TPSA) is 51.2 Å². The van der Waals surface area contributed by atoms with E-state index < -0.39 is 37.0 Å². The van der Waals surface area contributed by atoms with Crippen LogP contribution in [0.3, 0.4) is 0 Å². The molecule has 0 bridgehead atoms. The van der Waals surface area contributed by atoms with E-state index in [0.29, 0.717) is 12.0 Å². The van der Waals surface area contributed by atoms with Crippen LogP contribution in [0.15, 0.2) is 53.4 Å². The lowest BCUT2D eigenvalue weighted by atomic mass is 9.95. The first-order valence-electron chi connectivity index (χ1n) is 9.64. The summed E-state index contributed by atoms with van der Waals surface area (Å²) in [5, 5.41) is 0. The Bertz CT molecular complexity index is 977. The SMILES string of the molecule is CC(=O)C(C)(C)S(=O)(=O)c1cccc(C(F)(F)F)c1.CCC(C)c1ccccc1C. The lowest BCUT2D eigenvalue weighted by molar-refractivity contribution is -0.137. The lowest BCUT2D eigenvalue weighted by Gasteiger charge is -2.22. The van der Waals surface area contributed by atoms with Crippen LogP contribution in [-0.4, -0.2) is 18.9 Å². The predicted octanol–water partition coefficient (Wildman–Crippen LogP) is 6.36. The van der Waals surface area contributed by atoms with Crippen LogP contribution in [0, 0.1) is 6.92 Å². The van der Waals surface area contributed by atoms with Crippen LogP contribution >= 0.6 is 0 Å². The summed E-state index contributed by atoms with van der Waals surface area (Å²) in [6.45, 7) is 10.1. The van der Waals surface area contributed by atoms with Crippen molar-refractivity contribution < 1.29 is 26.4 Å². The summed E-state index contributed by atoms with van der Waals surface area (Å²) in [5.41, 5.74) is 1.85. The van der Waals surface area contributed by atoms with Gasteiger partial charge in [-0.3, -0.25) is 4.79 Å². The fourth-order valence-electron chi connectivity index (χ4n) is 2.68. The number of Topliss-reactive ketones (excluding diaryl/α,β-unsaturated/α-hetero) is 1. The maximum atomic E-state index is 12.5. The number of rotatable bonds is 5. The minimum absolute atomic E-state index is 0.512. The third-order valence-corrected chi connectivity index (χ3v) is 7.83. The van der Waals surface area contributed by atoms with Crippen molar-refractivity contribution in [2.24, 2.45) is 0 Å². The summed E-state index contributed by atoms with van der Waals surface area (Å²) in [7, 11) is -4.17. The van der Waals surface area contributed by atoms with Crippen molar-refractivity contribution in [1.29, 1.82) is 0 Å². The quantitative estimate of drug-likeness (QED) is 0.542. The standard InChI is InChI=1S/C12H13F3O3S.C11H16/c1-8(16)11(2,3)19(17,18)10-6-4-5-9(7-10)12(13,14)15;1-4-9(2)11-8-6-5-7-10(11)3/h4-7H,1-3H3;5-9H,4H2,1-3H3. The van der Waals surface area contributed by atoms with Gasteiger partial charge in [-0.05, 0) is 69.4 Å². The van der Waals surface area contributed by atoms with Crippen LogP contribution < -0.4 is 0 Å². The van der Waals surface area contributed by atoms with E-state index in [1.165, 1.54) is 31.4 Å². The minimum Gasteiger partial charge on any atom is -0.298 e. The molecule has 0 aromatic heterocycles. The molecule has 0 N–H and O–H groups in total. The average molecular weight is 443 g/mol. The molecule has 2 aromatic rings. The van der Waals surface area contributed by atoms with E-state index in [-0.39, 0.29) is 0 Å². The van der Waals surface area contributed by atoms with E-state index in [9.17, 15) is 26.4 Å². The molecule has 0 aliphatic rings. The molecule has 0 radical (unpaired) electrons. The van der Waals surface area contributed by atoms with Crippen molar-refractivity contribution in [1.82, 2.24) is 0 Å². The first kappa shape index (κ1) is 25.9. The Morgan fingerprint density at radius 3 is 2.07 bits per heavy atom. The highest BCUT2D eigenvalue weighted by atomic mass is 32.2. The molecule has 0 saturated carbocycles. The Morgan fingerprint density at radius 1 is 1.03 bits per heavy atom. The zero-order chi connectivity index (χ0) is 23.3. The van der Waals surface area contributed by atoms with Crippen molar-refractivity contribution in [3.63, 3.8) is 0 Å². The predicted molar refractivity (Wildman–Crippen MR) is 113 cm³/mol. The zero-order valence-corrected chi connectivity index (χ0v) is 19.0. The number of alkyl halides is 3. The van der Waals surface area contributed by atoms with Crippen molar-refractivity contribution >= 4 is 15.6 Å². The van der Waals surface area contributed by atoms with E-state index in [0.717, 1.165) is 25.1 Å². The molecule has 2 rings (SSSR count). The van der Waals surface area contributed by atoms with Crippen molar-refractivity contribution in [2.75, 3.05) is 0 Å². The number of carbonyl (C=O) groups is 1. The monoisotopic (exact) mass is 442 g/mol. The molecule has 1 unspecified atom stereocenters. The van der Waals surface area contributed by atoms with Gasteiger partial charge in [0, 0.05) is 0 Å². The van der Waals surface area contributed by atoms with Gasteiger partial charge in [0.15, 0.2) is 15.6 Å². The van der Waals surface area contributed by atoms with E-state index in [4.69, 9.17) is 0 Å². The molecule has 2 aromatic carbocycles. The van der Waals surface area contributed by atoms with Gasteiger partial charge in [0.1, 0.15) is 4.75 Å². The molecule has 0 saturated heterocycles. The fraction of sp³-hybridized carbons (Fsp3) is 0.435. The maximum Gasteiger partial charge on any atom is 0.416 e. The molecule has 0 aliphatic heterocycles. The van der Waals surface area contributed by atoms with Crippen molar-refractivity contribution in [3.8, 4) is 0 Å². The maximum absolute atomic E-state index is 12.5. The van der Waals surface area contributed by atoms with Crippen molar-refractivity contribution in [2.45, 2.75) is 69.7 Å². The van der Waals surface area contributed by atoms with Crippen LogP contribution in [0.4, 0.5) is 13.2 Å². The van der Waals surface area contributed by atoms with Gasteiger partial charge in [-0.15, -0.1) is 0 Å². The molecule has 1 atom stereocenters. The van der Waals surface area contributed by atoms with Crippen LogP contribution in [0.2, 0.25) is 0 Å². The summed E-state index contributed by atoms with van der Waals surface area (Å²) < 4.78 is 60.3. The second kappa shape index (κ2) is 9.77. The first-order chi connectivity index (χ1) is 13.7. The highest BCUT2D eigenvalue weighted by Gasteiger charge is 2.41. The normalized spacial score (nSPS) is 13.2. The van der Waals surface area contributed by atoms with Gasteiger partial charge in [-0.2, -0.15) is 13.2 Å². The zero-order valence-electron chi connectivity index (χ0n) is 18.2. The number of halogens is 3. The van der Waals surface area contributed by atoms with Crippen molar-refractivity contribution in [3.05, 3.63) is 65.2 Å². The number of carbonyl (C=O) groups excluding carboxylic acids is 1. The molecule has 0 spiro atoms.